The van der Waals surface area contributed by atoms with Crippen LogP contribution in [0.4, 0.5) is 0 Å². The maximum atomic E-state index is 12.4. The second-order valence-corrected chi connectivity index (χ2v) is 6.36. The number of hydrogen-bond donors (Lipinski definition) is 3. The van der Waals surface area contributed by atoms with Gasteiger partial charge in [-0.3, -0.25) is 9.59 Å². The highest BCUT2D eigenvalue weighted by Gasteiger charge is 2.34. The first kappa shape index (κ1) is 16.5. The summed E-state index contributed by atoms with van der Waals surface area (Å²) in [6.45, 7) is 1.86. The van der Waals surface area contributed by atoms with E-state index in [0.717, 1.165) is 29.2 Å². The number of hydrogen-bond acceptors (Lipinski definition) is 3. The van der Waals surface area contributed by atoms with Crippen molar-refractivity contribution in [1.82, 2.24) is 10.6 Å². The highest BCUT2D eigenvalue weighted by Crippen LogP contribution is 2.29. The van der Waals surface area contributed by atoms with Gasteiger partial charge in [0.05, 0.1) is 6.10 Å². The lowest BCUT2D eigenvalue weighted by atomic mass is 10.0. The van der Waals surface area contributed by atoms with Crippen molar-refractivity contribution < 1.29 is 14.7 Å². The molecule has 0 spiro atoms. The van der Waals surface area contributed by atoms with Gasteiger partial charge in [0, 0.05) is 12.5 Å². The van der Waals surface area contributed by atoms with Crippen LogP contribution in [-0.2, 0) is 16.1 Å². The van der Waals surface area contributed by atoms with Crippen molar-refractivity contribution in [2.24, 2.45) is 5.92 Å². The van der Waals surface area contributed by atoms with Gasteiger partial charge in [0.1, 0.15) is 6.04 Å². The van der Waals surface area contributed by atoms with Gasteiger partial charge in [-0.05, 0) is 36.1 Å². The number of aliphatic hydroxyl groups is 1. The normalized spacial score (nSPS) is 16.4. The molecule has 1 fully saturated rings. The van der Waals surface area contributed by atoms with Gasteiger partial charge >= 0.3 is 0 Å². The highest BCUT2D eigenvalue weighted by molar-refractivity contribution is 5.90. The quantitative estimate of drug-likeness (QED) is 0.756. The standard InChI is InChI=1S/C19H22N2O3/c1-12(22)17(21-18(23)14-9-10-14)19(24)20-11-15-7-4-6-13-5-2-3-8-16(13)15/h2-8,12,14,17,22H,9-11H2,1H3,(H,20,24)(H,21,23). The predicted octanol–water partition coefficient (Wildman–Crippen LogP) is 1.73. The molecule has 1 saturated carbocycles. The fourth-order valence-electron chi connectivity index (χ4n) is 2.76. The minimum Gasteiger partial charge on any atom is -0.391 e. The third-order valence-corrected chi connectivity index (χ3v) is 4.34. The molecule has 2 aromatic carbocycles. The maximum Gasteiger partial charge on any atom is 0.245 e. The first-order valence-electron chi connectivity index (χ1n) is 8.29. The van der Waals surface area contributed by atoms with E-state index in [0.29, 0.717) is 6.54 Å². The Bertz CT molecular complexity index is 748. The maximum absolute atomic E-state index is 12.4. The van der Waals surface area contributed by atoms with Gasteiger partial charge < -0.3 is 15.7 Å². The molecular formula is C19H22N2O3. The molecule has 0 heterocycles. The molecule has 1 aliphatic rings. The Hall–Kier alpha value is -2.40. The van der Waals surface area contributed by atoms with Crippen LogP contribution in [0.25, 0.3) is 10.8 Å². The van der Waals surface area contributed by atoms with Crippen LogP contribution < -0.4 is 10.6 Å². The van der Waals surface area contributed by atoms with E-state index < -0.39 is 12.1 Å². The van der Waals surface area contributed by atoms with Crippen LogP contribution in [0.3, 0.4) is 0 Å². The Morgan fingerprint density at radius 3 is 2.58 bits per heavy atom. The van der Waals surface area contributed by atoms with Crippen LogP contribution >= 0.6 is 0 Å². The van der Waals surface area contributed by atoms with E-state index in [1.54, 1.807) is 0 Å². The zero-order valence-electron chi connectivity index (χ0n) is 13.7. The summed E-state index contributed by atoms with van der Waals surface area (Å²) in [5.41, 5.74) is 0.999. The number of fused-ring (bicyclic) bond motifs is 1. The summed E-state index contributed by atoms with van der Waals surface area (Å²) in [6, 6.07) is 13.0. The van der Waals surface area contributed by atoms with E-state index in [9.17, 15) is 14.7 Å². The van der Waals surface area contributed by atoms with Gasteiger partial charge in [-0.25, -0.2) is 0 Å². The molecule has 2 amide bonds. The first-order valence-corrected chi connectivity index (χ1v) is 8.29. The van der Waals surface area contributed by atoms with Gasteiger partial charge in [-0.2, -0.15) is 0 Å². The van der Waals surface area contributed by atoms with Gasteiger partial charge in [0.2, 0.25) is 11.8 Å². The smallest absolute Gasteiger partial charge is 0.245 e. The van der Waals surface area contributed by atoms with Crippen LogP contribution in [0.1, 0.15) is 25.3 Å². The largest absolute Gasteiger partial charge is 0.391 e. The average molecular weight is 326 g/mol. The van der Waals surface area contributed by atoms with Crippen molar-refractivity contribution in [1.29, 1.82) is 0 Å². The van der Waals surface area contributed by atoms with Crippen molar-refractivity contribution in [3.8, 4) is 0 Å². The molecule has 0 aromatic heterocycles. The molecule has 3 rings (SSSR count). The minimum absolute atomic E-state index is 0.00267. The van der Waals surface area contributed by atoms with Gasteiger partial charge in [-0.1, -0.05) is 42.5 Å². The topological polar surface area (TPSA) is 78.4 Å². The fourth-order valence-corrected chi connectivity index (χ4v) is 2.76. The van der Waals surface area contributed by atoms with Crippen molar-refractivity contribution in [3.05, 3.63) is 48.0 Å². The molecule has 126 valence electrons. The molecule has 5 nitrogen and oxygen atoms in total. The second kappa shape index (κ2) is 7.01. The molecule has 0 saturated heterocycles. The summed E-state index contributed by atoms with van der Waals surface area (Å²) < 4.78 is 0. The SMILES string of the molecule is CC(O)C(NC(=O)C1CC1)C(=O)NCc1cccc2ccccc12. The van der Waals surface area contributed by atoms with Crippen molar-refractivity contribution in [3.63, 3.8) is 0 Å². The Morgan fingerprint density at radius 2 is 1.88 bits per heavy atom. The fraction of sp³-hybridized carbons (Fsp3) is 0.368. The lowest BCUT2D eigenvalue weighted by molar-refractivity contribution is -0.132. The summed E-state index contributed by atoms with van der Waals surface area (Å²) in [7, 11) is 0. The van der Waals surface area contributed by atoms with Crippen molar-refractivity contribution in [2.45, 2.75) is 38.5 Å². The number of benzene rings is 2. The Kier molecular flexibility index (Phi) is 4.81. The Balaban J connectivity index is 1.67. The lowest BCUT2D eigenvalue weighted by Crippen LogP contribution is -2.52. The Morgan fingerprint density at radius 1 is 1.17 bits per heavy atom. The van der Waals surface area contributed by atoms with E-state index in [4.69, 9.17) is 0 Å². The van der Waals surface area contributed by atoms with Crippen LogP contribution in [-0.4, -0.2) is 29.1 Å². The number of rotatable bonds is 6. The molecule has 2 unspecified atom stereocenters. The summed E-state index contributed by atoms with van der Waals surface area (Å²) in [5, 5.41) is 17.5. The first-order chi connectivity index (χ1) is 11.6. The van der Waals surface area contributed by atoms with Crippen LogP contribution in [0.2, 0.25) is 0 Å². The predicted molar refractivity (Wildman–Crippen MR) is 92.1 cm³/mol. The monoisotopic (exact) mass is 326 g/mol. The second-order valence-electron chi connectivity index (χ2n) is 6.36. The number of nitrogens with one attached hydrogen (secondary N) is 2. The minimum atomic E-state index is -0.944. The van der Waals surface area contributed by atoms with E-state index in [1.807, 2.05) is 42.5 Å². The summed E-state index contributed by atoms with van der Waals surface area (Å²) in [5.74, 6) is -0.523. The number of carbonyl (C=O) groups excluding carboxylic acids is 2. The lowest BCUT2D eigenvalue weighted by Gasteiger charge is -2.21. The van der Waals surface area contributed by atoms with Crippen molar-refractivity contribution in [2.75, 3.05) is 0 Å². The van der Waals surface area contributed by atoms with Crippen molar-refractivity contribution >= 4 is 22.6 Å². The summed E-state index contributed by atoms with van der Waals surface area (Å²) >= 11 is 0. The van der Waals surface area contributed by atoms with E-state index in [1.165, 1.54) is 6.92 Å². The Labute approximate surface area is 141 Å². The third kappa shape index (κ3) is 3.74. The molecule has 24 heavy (non-hydrogen) atoms. The van der Waals surface area contributed by atoms with Gasteiger partial charge in [-0.15, -0.1) is 0 Å². The number of amides is 2. The molecule has 2 aromatic rings. The molecule has 0 bridgehead atoms. The molecule has 0 radical (unpaired) electrons. The van der Waals surface area contributed by atoms with Crippen LogP contribution in [0.15, 0.2) is 42.5 Å². The van der Waals surface area contributed by atoms with E-state index in [2.05, 4.69) is 10.6 Å². The number of carbonyl (C=O) groups is 2. The zero-order valence-corrected chi connectivity index (χ0v) is 13.7. The van der Waals surface area contributed by atoms with E-state index >= 15 is 0 Å². The zero-order chi connectivity index (χ0) is 17.1. The molecule has 1 aliphatic carbocycles. The van der Waals surface area contributed by atoms with Crippen LogP contribution in [0, 0.1) is 5.92 Å². The van der Waals surface area contributed by atoms with E-state index in [-0.39, 0.29) is 17.7 Å². The van der Waals surface area contributed by atoms with Gasteiger partial charge in [0.15, 0.2) is 0 Å². The molecule has 0 aliphatic heterocycles. The molecular weight excluding hydrogens is 304 g/mol. The number of aliphatic hydroxyl groups excluding tert-OH is 1. The third-order valence-electron chi connectivity index (χ3n) is 4.34. The van der Waals surface area contributed by atoms with Gasteiger partial charge in [0.25, 0.3) is 0 Å². The van der Waals surface area contributed by atoms with Crippen LogP contribution in [0.5, 0.6) is 0 Å². The summed E-state index contributed by atoms with van der Waals surface area (Å²) in [4.78, 5) is 24.3. The molecule has 2 atom stereocenters. The summed E-state index contributed by atoms with van der Waals surface area (Å²) in [6.07, 6.45) is 0.770. The highest BCUT2D eigenvalue weighted by atomic mass is 16.3. The molecule has 3 N–H and O–H groups in total. The molecule has 5 heteroatoms. The average Bonchev–Trinajstić information content (AvgIpc) is 3.42.